The fourth-order valence-corrected chi connectivity index (χ4v) is 2.28. The lowest BCUT2D eigenvalue weighted by Gasteiger charge is -2.18. The lowest BCUT2D eigenvalue weighted by Crippen LogP contribution is -2.23. The van der Waals surface area contributed by atoms with Gasteiger partial charge in [0.2, 0.25) is 0 Å². The molecular formula is C15H15ClF2N2. The van der Waals surface area contributed by atoms with E-state index in [1.807, 2.05) is 6.92 Å². The van der Waals surface area contributed by atoms with Gasteiger partial charge in [0.05, 0.1) is 11.2 Å². The quantitative estimate of drug-likeness (QED) is 0.905. The molecule has 1 atom stereocenters. The van der Waals surface area contributed by atoms with Crippen LogP contribution in [-0.2, 0) is 6.42 Å². The molecule has 5 heteroatoms. The van der Waals surface area contributed by atoms with Gasteiger partial charge in [-0.2, -0.15) is 0 Å². The average molecular weight is 297 g/mol. The molecule has 0 spiro atoms. The third-order valence-corrected chi connectivity index (χ3v) is 3.29. The van der Waals surface area contributed by atoms with E-state index in [0.29, 0.717) is 6.42 Å². The third kappa shape index (κ3) is 3.74. The molecule has 2 rings (SSSR count). The Labute approximate surface area is 121 Å². The summed E-state index contributed by atoms with van der Waals surface area (Å²) in [5.74, 6) is -0.814. The van der Waals surface area contributed by atoms with Crippen molar-refractivity contribution >= 4 is 11.6 Å². The maximum atomic E-state index is 13.3. The Balaban J connectivity index is 2.22. The number of nitrogens with one attached hydrogen (secondary N) is 1. The number of benzene rings is 1. The Morgan fingerprint density at radius 2 is 2.05 bits per heavy atom. The fraction of sp³-hybridized carbons (Fsp3) is 0.267. The van der Waals surface area contributed by atoms with Crippen LogP contribution in [0.25, 0.3) is 0 Å². The number of halogens is 3. The second-order valence-corrected chi connectivity index (χ2v) is 4.91. The molecule has 0 saturated heterocycles. The van der Waals surface area contributed by atoms with E-state index < -0.39 is 5.82 Å². The summed E-state index contributed by atoms with van der Waals surface area (Å²) in [5, 5.41) is 3.36. The minimum absolute atomic E-state index is 0.0927. The molecule has 1 N–H and O–H groups in total. The minimum atomic E-state index is -0.442. The molecule has 0 aliphatic heterocycles. The van der Waals surface area contributed by atoms with Crippen LogP contribution in [0.1, 0.15) is 24.1 Å². The molecule has 0 fully saturated rings. The second kappa shape index (κ2) is 6.77. The first-order valence-corrected chi connectivity index (χ1v) is 6.75. The summed E-state index contributed by atoms with van der Waals surface area (Å²) in [6, 6.07) is 5.96. The van der Waals surface area contributed by atoms with Gasteiger partial charge < -0.3 is 5.32 Å². The molecule has 0 amide bonds. The zero-order valence-corrected chi connectivity index (χ0v) is 11.8. The van der Waals surface area contributed by atoms with Gasteiger partial charge in [-0.25, -0.2) is 8.78 Å². The van der Waals surface area contributed by atoms with Crippen LogP contribution in [0.3, 0.4) is 0 Å². The number of aromatic nitrogens is 1. The summed E-state index contributed by atoms with van der Waals surface area (Å²) >= 11 is 5.78. The monoisotopic (exact) mass is 296 g/mol. The van der Waals surface area contributed by atoms with Gasteiger partial charge in [-0.1, -0.05) is 24.6 Å². The van der Waals surface area contributed by atoms with Crippen molar-refractivity contribution in [3.05, 3.63) is 64.4 Å². The van der Waals surface area contributed by atoms with Gasteiger partial charge in [0.1, 0.15) is 11.6 Å². The smallest absolute Gasteiger partial charge is 0.141 e. The standard InChI is InChI=1S/C15H15ClF2N2/c1-2-20-15(11-7-12(17)9-19-8-11)6-10-3-4-14(18)13(16)5-10/h3-5,7-9,15,20H,2,6H2,1H3. The highest BCUT2D eigenvalue weighted by Crippen LogP contribution is 2.22. The van der Waals surface area contributed by atoms with Crippen LogP contribution in [0.4, 0.5) is 8.78 Å². The maximum absolute atomic E-state index is 13.3. The Hall–Kier alpha value is -1.52. The van der Waals surface area contributed by atoms with Gasteiger partial charge >= 0.3 is 0 Å². The molecular weight excluding hydrogens is 282 g/mol. The number of likely N-dealkylation sites (N-methyl/N-ethyl adjacent to an activating group) is 1. The lowest BCUT2D eigenvalue weighted by molar-refractivity contribution is 0.538. The van der Waals surface area contributed by atoms with Crippen molar-refractivity contribution in [3.63, 3.8) is 0 Å². The molecule has 2 nitrogen and oxygen atoms in total. The number of pyridine rings is 1. The molecule has 1 unspecified atom stereocenters. The predicted octanol–water partition coefficient (Wildman–Crippen LogP) is 3.91. The first-order chi connectivity index (χ1) is 9.60. The van der Waals surface area contributed by atoms with E-state index >= 15 is 0 Å². The molecule has 1 aromatic carbocycles. The molecule has 0 aliphatic carbocycles. The molecule has 20 heavy (non-hydrogen) atoms. The van der Waals surface area contributed by atoms with Crippen LogP contribution in [0, 0.1) is 11.6 Å². The highest BCUT2D eigenvalue weighted by Gasteiger charge is 2.13. The lowest BCUT2D eigenvalue weighted by atomic mass is 10.00. The van der Waals surface area contributed by atoms with Crippen molar-refractivity contribution in [3.8, 4) is 0 Å². The summed E-state index contributed by atoms with van der Waals surface area (Å²) in [7, 11) is 0. The largest absolute Gasteiger partial charge is 0.310 e. The van der Waals surface area contributed by atoms with E-state index in [9.17, 15) is 8.78 Å². The van der Waals surface area contributed by atoms with Crippen LogP contribution >= 0.6 is 11.6 Å². The molecule has 1 heterocycles. The summed E-state index contributed by atoms with van der Waals surface area (Å²) in [6.07, 6.45) is 3.38. The van der Waals surface area contributed by atoms with Crippen LogP contribution in [0.15, 0.2) is 36.7 Å². The van der Waals surface area contributed by atoms with E-state index in [2.05, 4.69) is 10.3 Å². The van der Waals surface area contributed by atoms with Crippen molar-refractivity contribution in [1.29, 1.82) is 0 Å². The van der Waals surface area contributed by atoms with Gasteiger partial charge in [0.15, 0.2) is 0 Å². The number of hydrogen-bond acceptors (Lipinski definition) is 2. The van der Waals surface area contributed by atoms with Crippen molar-refractivity contribution in [1.82, 2.24) is 10.3 Å². The van der Waals surface area contributed by atoms with Crippen molar-refractivity contribution in [2.45, 2.75) is 19.4 Å². The van der Waals surface area contributed by atoms with Crippen molar-refractivity contribution < 1.29 is 8.78 Å². The molecule has 0 aliphatic rings. The summed E-state index contributed by atoms with van der Waals surface area (Å²) in [4.78, 5) is 3.86. The average Bonchev–Trinajstić information content (AvgIpc) is 2.42. The first kappa shape index (κ1) is 14.9. The van der Waals surface area contributed by atoms with Gasteiger partial charge in [0.25, 0.3) is 0 Å². The van der Waals surface area contributed by atoms with Crippen molar-refractivity contribution in [2.24, 2.45) is 0 Å². The molecule has 2 aromatic rings. The van der Waals surface area contributed by atoms with Gasteiger partial charge in [-0.3, -0.25) is 4.98 Å². The van der Waals surface area contributed by atoms with E-state index in [-0.39, 0.29) is 16.9 Å². The number of rotatable bonds is 5. The fourth-order valence-electron chi connectivity index (χ4n) is 2.08. The van der Waals surface area contributed by atoms with E-state index in [0.717, 1.165) is 17.7 Å². The van der Waals surface area contributed by atoms with Crippen LogP contribution in [0.5, 0.6) is 0 Å². The highest BCUT2D eigenvalue weighted by molar-refractivity contribution is 6.30. The molecule has 0 radical (unpaired) electrons. The summed E-state index contributed by atoms with van der Waals surface area (Å²) in [6.45, 7) is 2.70. The van der Waals surface area contributed by atoms with Gasteiger partial charge in [-0.05, 0) is 42.3 Å². The normalized spacial score (nSPS) is 12.4. The molecule has 1 aromatic heterocycles. The molecule has 0 saturated carbocycles. The Bertz CT molecular complexity index is 590. The maximum Gasteiger partial charge on any atom is 0.141 e. The Morgan fingerprint density at radius 1 is 1.25 bits per heavy atom. The predicted molar refractivity (Wildman–Crippen MR) is 75.7 cm³/mol. The SMILES string of the molecule is CCNC(Cc1ccc(F)c(Cl)c1)c1cncc(F)c1. The van der Waals surface area contributed by atoms with E-state index in [4.69, 9.17) is 11.6 Å². The zero-order valence-electron chi connectivity index (χ0n) is 11.0. The van der Waals surface area contributed by atoms with Crippen LogP contribution in [-0.4, -0.2) is 11.5 Å². The van der Waals surface area contributed by atoms with Crippen LogP contribution in [0.2, 0.25) is 5.02 Å². The summed E-state index contributed by atoms with van der Waals surface area (Å²) < 4.78 is 26.4. The number of nitrogens with zero attached hydrogens (tertiary/aromatic N) is 1. The number of hydrogen-bond donors (Lipinski definition) is 1. The molecule has 106 valence electrons. The van der Waals surface area contributed by atoms with E-state index in [1.54, 1.807) is 18.3 Å². The molecule has 0 bridgehead atoms. The first-order valence-electron chi connectivity index (χ1n) is 6.38. The van der Waals surface area contributed by atoms with Crippen LogP contribution < -0.4 is 5.32 Å². The second-order valence-electron chi connectivity index (χ2n) is 4.50. The van der Waals surface area contributed by atoms with Gasteiger partial charge in [0, 0.05) is 12.2 Å². The minimum Gasteiger partial charge on any atom is -0.310 e. The zero-order chi connectivity index (χ0) is 14.5. The Morgan fingerprint density at radius 3 is 2.70 bits per heavy atom. The Kier molecular flexibility index (Phi) is 5.04. The summed E-state index contributed by atoms with van der Waals surface area (Å²) in [5.41, 5.74) is 1.64. The van der Waals surface area contributed by atoms with Crippen molar-refractivity contribution in [2.75, 3.05) is 6.54 Å². The van der Waals surface area contributed by atoms with Gasteiger partial charge in [-0.15, -0.1) is 0 Å². The third-order valence-electron chi connectivity index (χ3n) is 3.00. The van der Waals surface area contributed by atoms with E-state index in [1.165, 1.54) is 18.3 Å². The topological polar surface area (TPSA) is 24.9 Å². The highest BCUT2D eigenvalue weighted by atomic mass is 35.5.